The summed E-state index contributed by atoms with van der Waals surface area (Å²) in [7, 11) is 0. The van der Waals surface area contributed by atoms with E-state index in [0.717, 1.165) is 38.0 Å². The van der Waals surface area contributed by atoms with Crippen LogP contribution >= 0.6 is 0 Å². The number of oxime groups is 1. The minimum Gasteiger partial charge on any atom is -0.396 e. The lowest BCUT2D eigenvalue weighted by atomic mass is 9.60. The van der Waals surface area contributed by atoms with Crippen molar-refractivity contribution in [3.05, 3.63) is 47.6 Å². The van der Waals surface area contributed by atoms with E-state index in [4.69, 9.17) is 9.57 Å². The van der Waals surface area contributed by atoms with Gasteiger partial charge in [0, 0.05) is 5.41 Å². The number of rotatable bonds is 9. The van der Waals surface area contributed by atoms with E-state index in [9.17, 15) is 0 Å². The number of hydrogen-bond donors (Lipinski definition) is 0. The molecule has 0 bridgehead atoms. The van der Waals surface area contributed by atoms with Gasteiger partial charge in [-0.1, -0.05) is 83.2 Å². The average molecular weight is 456 g/mol. The van der Waals surface area contributed by atoms with E-state index in [-0.39, 0.29) is 10.8 Å². The molecule has 2 unspecified atom stereocenters. The minimum absolute atomic E-state index is 0.0438. The van der Waals surface area contributed by atoms with E-state index in [1.807, 2.05) is 6.92 Å². The summed E-state index contributed by atoms with van der Waals surface area (Å²) < 4.78 is 5.64. The molecule has 1 aliphatic heterocycles. The quantitative estimate of drug-likeness (QED) is 0.198. The van der Waals surface area contributed by atoms with Crippen LogP contribution in [-0.4, -0.2) is 25.5 Å². The Morgan fingerprint density at radius 2 is 2.03 bits per heavy atom. The summed E-state index contributed by atoms with van der Waals surface area (Å²) in [6.07, 6.45) is 12.4. The molecule has 0 N–H and O–H groups in total. The highest BCUT2D eigenvalue weighted by molar-refractivity contribution is 5.88. The SMILES string of the molecule is C=C1CCOC/C1=C/C=C1\CCCC(C)(C(=C)[C@H](C)CCC/C(=N\OCC)C(C)(C)C)C1C. The predicted octanol–water partition coefficient (Wildman–Crippen LogP) is 8.44. The molecule has 0 radical (unpaired) electrons. The van der Waals surface area contributed by atoms with Crippen molar-refractivity contribution in [3.63, 3.8) is 0 Å². The molecule has 0 aromatic rings. The summed E-state index contributed by atoms with van der Waals surface area (Å²) in [6.45, 7) is 26.8. The molecule has 0 aromatic heterocycles. The van der Waals surface area contributed by atoms with Crippen LogP contribution in [0, 0.1) is 22.7 Å². The standard InChI is InChI=1S/C30H49NO2/c1-10-33-31-28(29(6,7)8)15-11-13-22(2)24(4)30(9)19-12-14-26(25(30)5)16-17-27-21-32-20-18-23(27)3/h16-17,22,25H,3-4,10-15,18-21H2,1-2,5-9H3/b26-16+,27-17-,31-28+/t22-,25?,30?/m1/s1. The molecule has 2 rings (SSSR count). The van der Waals surface area contributed by atoms with Gasteiger partial charge in [0.1, 0.15) is 6.61 Å². The maximum atomic E-state index is 5.64. The zero-order chi connectivity index (χ0) is 24.6. The molecule has 33 heavy (non-hydrogen) atoms. The minimum atomic E-state index is 0.0438. The highest BCUT2D eigenvalue weighted by atomic mass is 16.6. The molecule has 1 saturated carbocycles. The third-order valence-corrected chi connectivity index (χ3v) is 7.98. The topological polar surface area (TPSA) is 30.8 Å². The summed E-state index contributed by atoms with van der Waals surface area (Å²) in [4.78, 5) is 5.38. The summed E-state index contributed by atoms with van der Waals surface area (Å²) >= 11 is 0. The fourth-order valence-electron chi connectivity index (χ4n) is 5.19. The first-order valence-corrected chi connectivity index (χ1v) is 13.0. The highest BCUT2D eigenvalue weighted by Gasteiger charge is 2.39. The summed E-state index contributed by atoms with van der Waals surface area (Å²) in [6, 6.07) is 0. The molecule has 3 nitrogen and oxygen atoms in total. The van der Waals surface area contributed by atoms with Crippen LogP contribution in [0.4, 0.5) is 0 Å². The van der Waals surface area contributed by atoms with Crippen molar-refractivity contribution < 1.29 is 9.57 Å². The second-order valence-electron chi connectivity index (χ2n) is 11.4. The van der Waals surface area contributed by atoms with Crippen molar-refractivity contribution in [2.45, 2.75) is 93.4 Å². The number of nitrogens with zero attached hydrogens (tertiary/aromatic N) is 1. The van der Waals surface area contributed by atoms with Crippen LogP contribution in [0.2, 0.25) is 0 Å². The highest BCUT2D eigenvalue weighted by Crippen LogP contribution is 2.50. The maximum Gasteiger partial charge on any atom is 0.114 e. The van der Waals surface area contributed by atoms with Crippen LogP contribution in [-0.2, 0) is 9.57 Å². The maximum absolute atomic E-state index is 5.64. The third-order valence-electron chi connectivity index (χ3n) is 7.98. The van der Waals surface area contributed by atoms with Crippen molar-refractivity contribution in [1.82, 2.24) is 0 Å². The first-order chi connectivity index (χ1) is 15.5. The fraction of sp³-hybridized carbons (Fsp3) is 0.700. The van der Waals surface area contributed by atoms with Crippen LogP contribution in [0.5, 0.6) is 0 Å². The Bertz CT molecular complexity index is 780. The van der Waals surface area contributed by atoms with Crippen molar-refractivity contribution in [2.24, 2.45) is 27.8 Å². The van der Waals surface area contributed by atoms with Gasteiger partial charge in [-0.3, -0.25) is 0 Å². The fourth-order valence-corrected chi connectivity index (χ4v) is 5.19. The smallest absolute Gasteiger partial charge is 0.114 e. The molecule has 0 aromatic carbocycles. The van der Waals surface area contributed by atoms with E-state index < -0.39 is 0 Å². The molecular weight excluding hydrogens is 406 g/mol. The van der Waals surface area contributed by atoms with Crippen molar-refractivity contribution in [3.8, 4) is 0 Å². The number of allylic oxidation sites excluding steroid dienone is 4. The Balaban J connectivity index is 2.03. The lowest BCUT2D eigenvalue weighted by Crippen LogP contribution is -2.34. The Morgan fingerprint density at radius 3 is 2.67 bits per heavy atom. The van der Waals surface area contributed by atoms with E-state index in [1.54, 1.807) is 5.57 Å². The lowest BCUT2D eigenvalue weighted by Gasteiger charge is -2.45. The second kappa shape index (κ2) is 12.2. The van der Waals surface area contributed by atoms with Gasteiger partial charge >= 0.3 is 0 Å². The van der Waals surface area contributed by atoms with Gasteiger partial charge < -0.3 is 9.57 Å². The number of ether oxygens (including phenoxy) is 1. The molecule has 1 aliphatic carbocycles. The van der Waals surface area contributed by atoms with Crippen molar-refractivity contribution in [2.75, 3.05) is 19.8 Å². The molecule has 3 atom stereocenters. The normalized spacial score (nSPS) is 28.3. The van der Waals surface area contributed by atoms with Crippen LogP contribution < -0.4 is 0 Å². The average Bonchev–Trinajstić information content (AvgIpc) is 2.76. The van der Waals surface area contributed by atoms with E-state index in [2.05, 4.69) is 72.0 Å². The number of hydrogen-bond acceptors (Lipinski definition) is 3. The molecule has 2 aliphatic rings. The molecule has 0 amide bonds. The monoisotopic (exact) mass is 455 g/mol. The van der Waals surface area contributed by atoms with Crippen LogP contribution in [0.15, 0.2) is 52.8 Å². The molecule has 1 saturated heterocycles. The van der Waals surface area contributed by atoms with Gasteiger partial charge in [0.05, 0.1) is 18.9 Å². The zero-order valence-electron chi connectivity index (χ0n) is 22.6. The molecular formula is C30H49NO2. The van der Waals surface area contributed by atoms with Gasteiger partial charge in [0.2, 0.25) is 0 Å². The summed E-state index contributed by atoms with van der Waals surface area (Å²) in [5, 5.41) is 4.41. The first kappa shape index (κ1) is 27.6. The second-order valence-corrected chi connectivity index (χ2v) is 11.4. The van der Waals surface area contributed by atoms with Crippen molar-refractivity contribution >= 4 is 5.71 Å². The van der Waals surface area contributed by atoms with E-state index >= 15 is 0 Å². The Kier molecular flexibility index (Phi) is 10.2. The predicted molar refractivity (Wildman–Crippen MR) is 143 cm³/mol. The largest absolute Gasteiger partial charge is 0.396 e. The molecule has 3 heteroatoms. The summed E-state index contributed by atoms with van der Waals surface area (Å²) in [5.41, 5.74) is 6.79. The van der Waals surface area contributed by atoms with Gasteiger partial charge in [-0.25, -0.2) is 0 Å². The van der Waals surface area contributed by atoms with Gasteiger partial charge in [0.25, 0.3) is 0 Å². The van der Waals surface area contributed by atoms with Gasteiger partial charge in [-0.05, 0) is 80.3 Å². The van der Waals surface area contributed by atoms with E-state index in [0.29, 0.717) is 25.0 Å². The third kappa shape index (κ3) is 7.44. The van der Waals surface area contributed by atoms with Crippen molar-refractivity contribution in [1.29, 1.82) is 0 Å². The Labute approximate surface area is 204 Å². The van der Waals surface area contributed by atoms with Gasteiger partial charge in [-0.2, -0.15) is 0 Å². The lowest BCUT2D eigenvalue weighted by molar-refractivity contribution is 0.146. The van der Waals surface area contributed by atoms with E-state index in [1.165, 1.54) is 36.0 Å². The Morgan fingerprint density at radius 1 is 1.30 bits per heavy atom. The molecule has 2 fully saturated rings. The summed E-state index contributed by atoms with van der Waals surface area (Å²) in [5.74, 6) is 0.996. The zero-order valence-corrected chi connectivity index (χ0v) is 22.6. The van der Waals surface area contributed by atoms with Gasteiger partial charge in [-0.15, -0.1) is 0 Å². The van der Waals surface area contributed by atoms with Crippen LogP contribution in [0.1, 0.15) is 93.4 Å². The van der Waals surface area contributed by atoms with Gasteiger partial charge in [0.15, 0.2) is 0 Å². The molecule has 0 spiro atoms. The first-order valence-electron chi connectivity index (χ1n) is 13.0. The molecule has 1 heterocycles. The van der Waals surface area contributed by atoms with Crippen LogP contribution in [0.25, 0.3) is 0 Å². The molecule has 186 valence electrons. The Hall–Kier alpha value is -1.61. The van der Waals surface area contributed by atoms with Crippen LogP contribution in [0.3, 0.4) is 0 Å².